The normalized spacial score (nSPS) is 17.7. The molecule has 156 valence electrons. The molecule has 1 aromatic carbocycles. The van der Waals surface area contributed by atoms with Crippen molar-refractivity contribution in [2.45, 2.75) is 25.4 Å². The Labute approximate surface area is 173 Å². The van der Waals surface area contributed by atoms with Crippen LogP contribution in [-0.4, -0.2) is 53.1 Å². The van der Waals surface area contributed by atoms with Crippen LogP contribution in [0.2, 0.25) is 0 Å². The van der Waals surface area contributed by atoms with Crippen LogP contribution in [0, 0.1) is 11.2 Å². The van der Waals surface area contributed by atoms with Crippen LogP contribution in [0.15, 0.2) is 34.5 Å². The van der Waals surface area contributed by atoms with Gasteiger partial charge in [0.1, 0.15) is 23.6 Å². The van der Waals surface area contributed by atoms with E-state index in [2.05, 4.69) is 20.0 Å². The number of nitrogen functional groups attached to an aromatic ring is 1. The lowest BCUT2D eigenvalue weighted by molar-refractivity contribution is 0.191. The van der Waals surface area contributed by atoms with E-state index < -0.39 is 5.82 Å². The van der Waals surface area contributed by atoms with Gasteiger partial charge in [-0.3, -0.25) is 10.4 Å². The molecule has 1 aliphatic carbocycles. The van der Waals surface area contributed by atoms with Gasteiger partial charge in [-0.05, 0) is 25.8 Å². The topological polar surface area (TPSA) is 139 Å². The van der Waals surface area contributed by atoms with E-state index in [1.54, 1.807) is 6.07 Å². The summed E-state index contributed by atoms with van der Waals surface area (Å²) in [5.41, 5.74) is 12.0. The number of hydrogen-bond donors (Lipinski definition) is 3. The van der Waals surface area contributed by atoms with Crippen molar-refractivity contribution < 1.29 is 9.13 Å². The lowest BCUT2D eigenvalue weighted by atomic mass is 10.0. The molecule has 0 unspecified atom stereocenters. The number of hydrogen-bond acceptors (Lipinski definition) is 8. The number of aliphatic imine (C=N–C) groups is 2. The molecule has 0 atom stereocenters. The van der Waals surface area contributed by atoms with E-state index in [4.69, 9.17) is 21.6 Å². The van der Waals surface area contributed by atoms with Gasteiger partial charge < -0.3 is 21.1 Å². The largest absolute Gasteiger partial charge is 0.484 e. The second-order valence-electron chi connectivity index (χ2n) is 7.56. The van der Waals surface area contributed by atoms with Gasteiger partial charge in [0.2, 0.25) is 0 Å². The average Bonchev–Trinajstić information content (AvgIpc) is 3.47. The zero-order chi connectivity index (χ0) is 21.3. The number of ether oxygens (including phenoxy) is 1. The maximum atomic E-state index is 14.3. The van der Waals surface area contributed by atoms with Crippen LogP contribution in [0.4, 0.5) is 15.9 Å². The Balaban J connectivity index is 1.60. The molecule has 0 amide bonds. The second kappa shape index (κ2) is 7.69. The Morgan fingerprint density at radius 1 is 1.33 bits per heavy atom. The zero-order valence-corrected chi connectivity index (χ0v) is 16.6. The maximum Gasteiger partial charge on any atom is 0.167 e. The lowest BCUT2D eigenvalue weighted by Gasteiger charge is -2.26. The average molecular weight is 410 g/mol. The third-order valence-corrected chi connectivity index (χ3v) is 5.14. The molecule has 1 aromatic heterocycles. The maximum absolute atomic E-state index is 14.3. The molecule has 1 fully saturated rings. The summed E-state index contributed by atoms with van der Waals surface area (Å²) in [7, 11) is 0. The number of aromatic nitrogens is 2. The first kappa shape index (κ1) is 19.7. The van der Waals surface area contributed by atoms with Crippen LogP contribution in [0.1, 0.15) is 31.0 Å². The molecule has 30 heavy (non-hydrogen) atoms. The quantitative estimate of drug-likeness (QED) is 0.390. The molecular formula is C20H23FN8O. The third kappa shape index (κ3) is 4.07. The third-order valence-electron chi connectivity index (χ3n) is 5.14. The fourth-order valence-corrected chi connectivity index (χ4v) is 3.16. The first-order valence-electron chi connectivity index (χ1n) is 9.60. The van der Waals surface area contributed by atoms with Gasteiger partial charge in [0.15, 0.2) is 11.6 Å². The van der Waals surface area contributed by atoms with Gasteiger partial charge in [-0.25, -0.2) is 19.4 Å². The molecule has 0 spiro atoms. The van der Waals surface area contributed by atoms with Crippen LogP contribution in [-0.2, 0) is 0 Å². The Kier molecular flexibility index (Phi) is 5.06. The number of anilines is 2. The summed E-state index contributed by atoms with van der Waals surface area (Å²) in [6, 6.07) is 4.36. The van der Waals surface area contributed by atoms with E-state index in [1.165, 1.54) is 24.8 Å². The molecule has 2 heterocycles. The highest BCUT2D eigenvalue weighted by molar-refractivity contribution is 6.13. The summed E-state index contributed by atoms with van der Waals surface area (Å²) in [4.78, 5) is 18.8. The molecule has 2 aliphatic rings. The SMILES string of the molecule is CC1(Oc2cc(C(=N)c3cc(N4CCN=C(N=CN)C4)ncn3)c(N)cc2F)CC1. The number of amidine groups is 1. The van der Waals surface area contributed by atoms with E-state index in [0.717, 1.165) is 12.8 Å². The van der Waals surface area contributed by atoms with Gasteiger partial charge in [-0.1, -0.05) is 0 Å². The number of nitrogens with two attached hydrogens (primary N) is 2. The predicted molar refractivity (Wildman–Crippen MR) is 114 cm³/mol. The molecule has 1 aliphatic heterocycles. The Morgan fingerprint density at radius 3 is 2.87 bits per heavy atom. The van der Waals surface area contributed by atoms with Gasteiger partial charge in [0.05, 0.1) is 30.8 Å². The van der Waals surface area contributed by atoms with Crippen LogP contribution < -0.4 is 21.1 Å². The molecule has 10 heteroatoms. The Bertz CT molecular complexity index is 1050. The summed E-state index contributed by atoms with van der Waals surface area (Å²) < 4.78 is 20.1. The van der Waals surface area contributed by atoms with Crippen molar-refractivity contribution >= 4 is 29.4 Å². The summed E-state index contributed by atoms with van der Waals surface area (Å²) in [5, 5.41) is 8.61. The van der Waals surface area contributed by atoms with Crippen LogP contribution in [0.5, 0.6) is 5.75 Å². The number of nitrogens with zero attached hydrogens (tertiary/aromatic N) is 5. The second-order valence-corrected chi connectivity index (χ2v) is 7.56. The van der Waals surface area contributed by atoms with E-state index in [-0.39, 0.29) is 22.7 Å². The predicted octanol–water partition coefficient (Wildman–Crippen LogP) is 1.75. The van der Waals surface area contributed by atoms with Crippen molar-refractivity contribution in [1.29, 1.82) is 5.41 Å². The van der Waals surface area contributed by atoms with E-state index >= 15 is 0 Å². The minimum atomic E-state index is -0.541. The number of halogens is 1. The van der Waals surface area contributed by atoms with Gasteiger partial charge in [0, 0.05) is 29.9 Å². The van der Waals surface area contributed by atoms with E-state index in [0.29, 0.717) is 42.5 Å². The van der Waals surface area contributed by atoms with Gasteiger partial charge in [-0.2, -0.15) is 0 Å². The minimum absolute atomic E-state index is 0.0628. The number of nitrogens with one attached hydrogen (secondary N) is 1. The summed E-state index contributed by atoms with van der Waals surface area (Å²) in [6.07, 6.45) is 4.34. The van der Waals surface area contributed by atoms with E-state index in [1.807, 2.05) is 11.8 Å². The minimum Gasteiger partial charge on any atom is -0.484 e. The van der Waals surface area contributed by atoms with Crippen molar-refractivity contribution in [2.24, 2.45) is 15.7 Å². The Morgan fingerprint density at radius 2 is 2.13 bits per heavy atom. The first-order chi connectivity index (χ1) is 14.4. The van der Waals surface area contributed by atoms with Crippen molar-refractivity contribution in [3.05, 3.63) is 41.6 Å². The highest BCUT2D eigenvalue weighted by atomic mass is 19.1. The molecule has 2 aromatic rings. The van der Waals surface area contributed by atoms with Crippen molar-refractivity contribution in [3.63, 3.8) is 0 Å². The molecule has 0 bridgehead atoms. The van der Waals surface area contributed by atoms with Crippen LogP contribution in [0.3, 0.4) is 0 Å². The molecule has 9 nitrogen and oxygen atoms in total. The van der Waals surface area contributed by atoms with Crippen molar-refractivity contribution in [3.8, 4) is 5.75 Å². The zero-order valence-electron chi connectivity index (χ0n) is 16.6. The highest BCUT2D eigenvalue weighted by Gasteiger charge is 2.40. The molecule has 5 N–H and O–H groups in total. The monoisotopic (exact) mass is 410 g/mol. The fraction of sp³-hybridized carbons (Fsp3) is 0.350. The standard InChI is InChI=1S/C20H23FN8O/c1-20(2-3-20)30-16-6-12(14(23)7-13(16)21)19(24)15-8-18(28-11-27-15)29-5-4-25-17(9-29)26-10-22/h6-8,10-11,24H,2-5,9,23H2,1H3,(H2,22,25,26). The first-order valence-corrected chi connectivity index (χ1v) is 9.60. The smallest absolute Gasteiger partial charge is 0.167 e. The van der Waals surface area contributed by atoms with Gasteiger partial charge in [0.25, 0.3) is 0 Å². The Hall–Kier alpha value is -3.56. The van der Waals surface area contributed by atoms with Gasteiger partial charge >= 0.3 is 0 Å². The van der Waals surface area contributed by atoms with Crippen LogP contribution in [0.25, 0.3) is 0 Å². The summed E-state index contributed by atoms with van der Waals surface area (Å²) >= 11 is 0. The molecule has 4 rings (SSSR count). The molecular weight excluding hydrogens is 387 g/mol. The van der Waals surface area contributed by atoms with Crippen molar-refractivity contribution in [2.75, 3.05) is 30.3 Å². The molecule has 0 saturated heterocycles. The lowest BCUT2D eigenvalue weighted by Crippen LogP contribution is -2.36. The summed E-state index contributed by atoms with van der Waals surface area (Å²) in [5.74, 6) is 0.792. The number of benzene rings is 1. The fourth-order valence-electron chi connectivity index (χ4n) is 3.16. The molecule has 1 saturated carbocycles. The van der Waals surface area contributed by atoms with E-state index in [9.17, 15) is 4.39 Å². The summed E-state index contributed by atoms with van der Waals surface area (Å²) in [6.45, 7) is 3.60. The number of rotatable bonds is 5. The van der Waals surface area contributed by atoms with Gasteiger partial charge in [-0.15, -0.1) is 0 Å². The van der Waals surface area contributed by atoms with Crippen LogP contribution >= 0.6 is 0 Å². The highest BCUT2D eigenvalue weighted by Crippen LogP contribution is 2.41. The molecule has 0 radical (unpaired) electrons. The van der Waals surface area contributed by atoms with Crippen molar-refractivity contribution in [1.82, 2.24) is 9.97 Å².